The number of ether oxygens (including phenoxy) is 1. The van der Waals surface area contributed by atoms with Gasteiger partial charge >= 0.3 is 5.97 Å². The molecule has 1 amide bonds. The van der Waals surface area contributed by atoms with Crippen molar-refractivity contribution in [1.82, 2.24) is 5.32 Å². The minimum atomic E-state index is -0.767. The van der Waals surface area contributed by atoms with Crippen molar-refractivity contribution in [3.63, 3.8) is 0 Å². The molecule has 0 aromatic rings. The quantitative estimate of drug-likeness (QED) is 0.794. The number of aliphatic carboxylic acids is 1. The SMILES string of the molecule is O=C(O)[C@@H]1CCC[C@H](C(=O)NCC[C@H]2CCCO2)C1. The number of carbonyl (C=O) groups is 2. The summed E-state index contributed by atoms with van der Waals surface area (Å²) in [6, 6.07) is 0. The molecule has 0 unspecified atom stereocenters. The van der Waals surface area contributed by atoms with Crippen LogP contribution in [-0.4, -0.2) is 36.2 Å². The van der Waals surface area contributed by atoms with E-state index in [1.54, 1.807) is 0 Å². The predicted octanol–water partition coefficient (Wildman–Crippen LogP) is 1.56. The maximum Gasteiger partial charge on any atom is 0.306 e. The summed E-state index contributed by atoms with van der Waals surface area (Å²) in [7, 11) is 0. The summed E-state index contributed by atoms with van der Waals surface area (Å²) in [4.78, 5) is 23.0. The highest BCUT2D eigenvalue weighted by atomic mass is 16.5. The van der Waals surface area contributed by atoms with Crippen LogP contribution >= 0.6 is 0 Å². The van der Waals surface area contributed by atoms with Crippen molar-refractivity contribution >= 4 is 11.9 Å². The Kier molecular flexibility index (Phi) is 5.19. The molecule has 5 nitrogen and oxygen atoms in total. The van der Waals surface area contributed by atoms with Crippen LogP contribution in [0.3, 0.4) is 0 Å². The molecule has 2 rings (SSSR count). The lowest BCUT2D eigenvalue weighted by atomic mass is 9.81. The molecule has 1 saturated carbocycles. The smallest absolute Gasteiger partial charge is 0.306 e. The zero-order chi connectivity index (χ0) is 13.7. The summed E-state index contributed by atoms with van der Waals surface area (Å²) in [5.41, 5.74) is 0. The number of carboxylic acids is 1. The molecule has 108 valence electrons. The molecule has 0 aromatic heterocycles. The second-order valence-corrected chi connectivity index (χ2v) is 5.61. The number of carboxylic acid groups (broad SMARTS) is 1. The van der Waals surface area contributed by atoms with Gasteiger partial charge < -0.3 is 15.2 Å². The Morgan fingerprint density at radius 1 is 1.16 bits per heavy atom. The highest BCUT2D eigenvalue weighted by molar-refractivity contribution is 5.80. The summed E-state index contributed by atoms with van der Waals surface area (Å²) in [5.74, 6) is -1.22. The van der Waals surface area contributed by atoms with Gasteiger partial charge in [0.1, 0.15) is 0 Å². The molecule has 1 aliphatic heterocycles. The molecule has 2 fully saturated rings. The monoisotopic (exact) mass is 269 g/mol. The molecule has 0 spiro atoms. The first-order chi connectivity index (χ1) is 9.16. The van der Waals surface area contributed by atoms with E-state index in [0.717, 1.165) is 38.7 Å². The number of carbonyl (C=O) groups excluding carboxylic acids is 1. The van der Waals surface area contributed by atoms with Crippen LogP contribution < -0.4 is 5.32 Å². The summed E-state index contributed by atoms with van der Waals surface area (Å²) in [6.07, 6.45) is 6.19. The van der Waals surface area contributed by atoms with Crippen molar-refractivity contribution in [3.05, 3.63) is 0 Å². The van der Waals surface area contributed by atoms with Crippen LogP contribution in [0.15, 0.2) is 0 Å². The Hall–Kier alpha value is -1.10. The van der Waals surface area contributed by atoms with E-state index in [1.807, 2.05) is 0 Å². The predicted molar refractivity (Wildman–Crippen MR) is 69.7 cm³/mol. The van der Waals surface area contributed by atoms with Gasteiger partial charge in [0.05, 0.1) is 12.0 Å². The first-order valence-electron chi connectivity index (χ1n) is 7.29. The zero-order valence-corrected chi connectivity index (χ0v) is 11.3. The van der Waals surface area contributed by atoms with Gasteiger partial charge in [-0.05, 0) is 38.5 Å². The summed E-state index contributed by atoms with van der Waals surface area (Å²) >= 11 is 0. The molecular formula is C14H23NO4. The Morgan fingerprint density at radius 3 is 2.63 bits per heavy atom. The van der Waals surface area contributed by atoms with Crippen LogP contribution in [-0.2, 0) is 14.3 Å². The molecule has 19 heavy (non-hydrogen) atoms. The van der Waals surface area contributed by atoms with Gasteiger partial charge in [0.25, 0.3) is 0 Å². The summed E-state index contributed by atoms with van der Waals surface area (Å²) in [5, 5.41) is 11.9. The van der Waals surface area contributed by atoms with Crippen molar-refractivity contribution in [2.75, 3.05) is 13.2 Å². The third-order valence-electron chi connectivity index (χ3n) is 4.18. The van der Waals surface area contributed by atoms with Crippen molar-refractivity contribution in [2.24, 2.45) is 11.8 Å². The third kappa shape index (κ3) is 4.20. The van der Waals surface area contributed by atoms with E-state index in [-0.39, 0.29) is 17.7 Å². The fourth-order valence-corrected chi connectivity index (χ4v) is 3.02. The minimum Gasteiger partial charge on any atom is -0.481 e. The number of amides is 1. The number of hydrogen-bond donors (Lipinski definition) is 2. The van der Waals surface area contributed by atoms with Gasteiger partial charge in [0.2, 0.25) is 5.91 Å². The number of hydrogen-bond acceptors (Lipinski definition) is 3. The molecule has 0 aromatic carbocycles. The number of rotatable bonds is 5. The standard InChI is InChI=1S/C14H23NO4/c16-13(15-7-6-12-5-2-8-19-12)10-3-1-4-11(9-10)14(17)18/h10-12H,1-9H2,(H,15,16)(H,17,18)/t10-,11+,12+/m0/s1. The van der Waals surface area contributed by atoms with Crippen LogP contribution in [0.5, 0.6) is 0 Å². The molecule has 1 saturated heterocycles. The van der Waals surface area contributed by atoms with Gasteiger partial charge in [0.15, 0.2) is 0 Å². The number of nitrogens with one attached hydrogen (secondary N) is 1. The van der Waals surface area contributed by atoms with Crippen LogP contribution in [0, 0.1) is 11.8 Å². The summed E-state index contributed by atoms with van der Waals surface area (Å²) < 4.78 is 5.50. The molecule has 1 aliphatic carbocycles. The highest BCUT2D eigenvalue weighted by Gasteiger charge is 2.30. The lowest BCUT2D eigenvalue weighted by Crippen LogP contribution is -2.36. The Morgan fingerprint density at radius 2 is 1.95 bits per heavy atom. The van der Waals surface area contributed by atoms with E-state index in [1.165, 1.54) is 0 Å². The molecular weight excluding hydrogens is 246 g/mol. The van der Waals surface area contributed by atoms with E-state index in [4.69, 9.17) is 9.84 Å². The maximum atomic E-state index is 12.0. The second-order valence-electron chi connectivity index (χ2n) is 5.61. The second kappa shape index (κ2) is 6.89. The highest BCUT2D eigenvalue weighted by Crippen LogP contribution is 2.29. The molecule has 0 bridgehead atoms. The third-order valence-corrected chi connectivity index (χ3v) is 4.18. The van der Waals surface area contributed by atoms with Gasteiger partial charge in [0, 0.05) is 19.1 Å². The van der Waals surface area contributed by atoms with E-state index in [2.05, 4.69) is 5.32 Å². The van der Waals surface area contributed by atoms with Crippen molar-refractivity contribution in [3.8, 4) is 0 Å². The Labute approximate surface area is 113 Å². The van der Waals surface area contributed by atoms with E-state index < -0.39 is 5.97 Å². The van der Waals surface area contributed by atoms with Crippen molar-refractivity contribution < 1.29 is 19.4 Å². The molecule has 2 aliphatic rings. The van der Waals surface area contributed by atoms with Crippen LogP contribution in [0.4, 0.5) is 0 Å². The lowest BCUT2D eigenvalue weighted by molar-refractivity contribution is -0.144. The fraction of sp³-hybridized carbons (Fsp3) is 0.857. The first-order valence-corrected chi connectivity index (χ1v) is 7.29. The molecule has 5 heteroatoms. The fourth-order valence-electron chi connectivity index (χ4n) is 3.02. The maximum absolute atomic E-state index is 12.0. The average Bonchev–Trinajstić information content (AvgIpc) is 2.92. The summed E-state index contributed by atoms with van der Waals surface area (Å²) in [6.45, 7) is 1.47. The van der Waals surface area contributed by atoms with Crippen LogP contribution in [0.2, 0.25) is 0 Å². The first kappa shape index (κ1) is 14.3. The topological polar surface area (TPSA) is 75.6 Å². The molecule has 0 radical (unpaired) electrons. The van der Waals surface area contributed by atoms with E-state index in [0.29, 0.717) is 25.5 Å². The van der Waals surface area contributed by atoms with Crippen LogP contribution in [0.1, 0.15) is 44.9 Å². The molecule has 3 atom stereocenters. The van der Waals surface area contributed by atoms with E-state index >= 15 is 0 Å². The Balaban J connectivity index is 1.68. The lowest BCUT2D eigenvalue weighted by Gasteiger charge is -2.25. The molecule has 1 heterocycles. The van der Waals surface area contributed by atoms with Gasteiger partial charge in [-0.3, -0.25) is 9.59 Å². The van der Waals surface area contributed by atoms with Gasteiger partial charge in [-0.15, -0.1) is 0 Å². The Bertz CT molecular complexity index is 325. The van der Waals surface area contributed by atoms with Gasteiger partial charge in [-0.1, -0.05) is 6.42 Å². The van der Waals surface area contributed by atoms with E-state index in [9.17, 15) is 9.59 Å². The average molecular weight is 269 g/mol. The van der Waals surface area contributed by atoms with Crippen molar-refractivity contribution in [2.45, 2.75) is 51.0 Å². The van der Waals surface area contributed by atoms with Crippen LogP contribution in [0.25, 0.3) is 0 Å². The molecule has 2 N–H and O–H groups in total. The minimum absolute atomic E-state index is 0.0175. The van der Waals surface area contributed by atoms with Gasteiger partial charge in [-0.2, -0.15) is 0 Å². The zero-order valence-electron chi connectivity index (χ0n) is 11.3. The van der Waals surface area contributed by atoms with Crippen molar-refractivity contribution in [1.29, 1.82) is 0 Å². The van der Waals surface area contributed by atoms with Gasteiger partial charge in [-0.25, -0.2) is 0 Å². The normalized spacial score (nSPS) is 31.1. The largest absolute Gasteiger partial charge is 0.481 e.